The monoisotopic (exact) mass is 274 g/mol. The smallest absolute Gasteiger partial charge is 0.272 e. The molecule has 0 bridgehead atoms. The van der Waals surface area contributed by atoms with Gasteiger partial charge in [-0.05, 0) is 42.7 Å². The van der Waals surface area contributed by atoms with Gasteiger partial charge < -0.3 is 11.1 Å². The van der Waals surface area contributed by atoms with Crippen LogP contribution in [0.25, 0.3) is 0 Å². The molecule has 0 aliphatic heterocycles. The first kappa shape index (κ1) is 13.9. The molecule has 0 unspecified atom stereocenters. The molecule has 0 saturated heterocycles. The third-order valence-electron chi connectivity index (χ3n) is 2.87. The van der Waals surface area contributed by atoms with Crippen LogP contribution in [-0.2, 0) is 6.54 Å². The Kier molecular flexibility index (Phi) is 3.93. The fourth-order valence-corrected chi connectivity index (χ4v) is 1.87. The second kappa shape index (κ2) is 5.64. The number of aryl methyl sites for hydroxylation is 2. The van der Waals surface area contributed by atoms with Gasteiger partial charge in [0.05, 0.1) is 0 Å². The van der Waals surface area contributed by atoms with E-state index in [9.17, 15) is 9.18 Å². The molecular weight excluding hydrogens is 259 g/mol. The lowest BCUT2D eigenvalue weighted by Crippen LogP contribution is -2.24. The van der Waals surface area contributed by atoms with E-state index in [0.717, 1.165) is 5.56 Å². The molecule has 2 rings (SSSR count). The van der Waals surface area contributed by atoms with E-state index in [1.807, 2.05) is 0 Å². The van der Waals surface area contributed by atoms with Crippen LogP contribution in [-0.4, -0.2) is 16.1 Å². The van der Waals surface area contributed by atoms with Crippen LogP contribution >= 0.6 is 0 Å². The van der Waals surface area contributed by atoms with E-state index in [0.29, 0.717) is 17.7 Å². The molecule has 2 aromatic rings. The van der Waals surface area contributed by atoms with Crippen LogP contribution in [0, 0.1) is 19.7 Å². The Hall–Kier alpha value is -2.50. The van der Waals surface area contributed by atoms with E-state index in [-0.39, 0.29) is 23.2 Å². The SMILES string of the molecule is Cc1cc(CNC(=O)c2ccc(N)nn2)cc(C)c1F. The van der Waals surface area contributed by atoms with Gasteiger partial charge in [0.2, 0.25) is 0 Å². The minimum absolute atomic E-state index is 0.190. The van der Waals surface area contributed by atoms with Crippen LogP contribution in [0.1, 0.15) is 27.2 Å². The number of nitrogens with one attached hydrogen (secondary N) is 1. The van der Waals surface area contributed by atoms with Crippen molar-refractivity contribution in [1.82, 2.24) is 15.5 Å². The number of nitrogen functional groups attached to an aromatic ring is 1. The van der Waals surface area contributed by atoms with Crippen molar-refractivity contribution in [2.24, 2.45) is 0 Å². The molecule has 104 valence electrons. The van der Waals surface area contributed by atoms with Crippen molar-refractivity contribution >= 4 is 11.7 Å². The number of carbonyl (C=O) groups excluding carboxylic acids is 1. The molecule has 1 amide bonds. The maximum absolute atomic E-state index is 13.5. The van der Waals surface area contributed by atoms with E-state index in [4.69, 9.17) is 5.73 Å². The molecule has 1 aromatic carbocycles. The number of hydrogen-bond donors (Lipinski definition) is 2. The molecule has 1 aromatic heterocycles. The van der Waals surface area contributed by atoms with Gasteiger partial charge in [-0.2, -0.15) is 0 Å². The molecule has 6 heteroatoms. The summed E-state index contributed by atoms with van der Waals surface area (Å²) >= 11 is 0. The summed E-state index contributed by atoms with van der Waals surface area (Å²) in [6, 6.07) is 6.42. The Balaban J connectivity index is 2.05. The molecular formula is C14H15FN4O. The zero-order valence-electron chi connectivity index (χ0n) is 11.3. The molecule has 5 nitrogen and oxygen atoms in total. The van der Waals surface area contributed by atoms with Gasteiger partial charge in [-0.25, -0.2) is 4.39 Å². The van der Waals surface area contributed by atoms with Crippen LogP contribution in [0.2, 0.25) is 0 Å². The van der Waals surface area contributed by atoms with Crippen LogP contribution in [0.5, 0.6) is 0 Å². The standard InChI is InChI=1S/C14H15FN4O/c1-8-5-10(6-9(2)13(8)15)7-17-14(20)11-3-4-12(16)19-18-11/h3-6H,7H2,1-2H3,(H2,16,19)(H,17,20). The summed E-state index contributed by atoms with van der Waals surface area (Å²) in [7, 11) is 0. The summed E-state index contributed by atoms with van der Waals surface area (Å²) in [4.78, 5) is 11.8. The zero-order chi connectivity index (χ0) is 14.7. The van der Waals surface area contributed by atoms with E-state index in [2.05, 4.69) is 15.5 Å². The lowest BCUT2D eigenvalue weighted by molar-refractivity contribution is 0.0945. The lowest BCUT2D eigenvalue weighted by Gasteiger charge is -2.08. The van der Waals surface area contributed by atoms with Gasteiger partial charge in [-0.3, -0.25) is 4.79 Å². The first-order valence-electron chi connectivity index (χ1n) is 6.10. The third-order valence-corrected chi connectivity index (χ3v) is 2.87. The van der Waals surface area contributed by atoms with Gasteiger partial charge in [0.25, 0.3) is 5.91 Å². The summed E-state index contributed by atoms with van der Waals surface area (Å²) in [5, 5.41) is 10.0. The Morgan fingerprint density at radius 1 is 1.25 bits per heavy atom. The fraction of sp³-hybridized carbons (Fsp3) is 0.214. The number of aromatic nitrogens is 2. The minimum atomic E-state index is -0.350. The maximum atomic E-state index is 13.5. The van der Waals surface area contributed by atoms with Gasteiger partial charge >= 0.3 is 0 Å². The van der Waals surface area contributed by atoms with E-state index in [1.165, 1.54) is 12.1 Å². The Labute approximate surface area is 116 Å². The predicted molar refractivity (Wildman–Crippen MR) is 73.5 cm³/mol. The molecule has 0 saturated carbocycles. The van der Waals surface area contributed by atoms with Gasteiger partial charge in [0.1, 0.15) is 11.6 Å². The number of nitrogens with two attached hydrogens (primary N) is 1. The molecule has 1 heterocycles. The zero-order valence-corrected chi connectivity index (χ0v) is 11.3. The predicted octanol–water partition coefficient (Wildman–Crippen LogP) is 1.74. The number of amides is 1. The summed E-state index contributed by atoms with van der Waals surface area (Å²) in [6.07, 6.45) is 0. The van der Waals surface area contributed by atoms with E-state index >= 15 is 0 Å². The quantitative estimate of drug-likeness (QED) is 0.893. The molecule has 0 atom stereocenters. The highest BCUT2D eigenvalue weighted by Crippen LogP contribution is 2.14. The van der Waals surface area contributed by atoms with Crippen molar-refractivity contribution in [2.45, 2.75) is 20.4 Å². The number of nitrogens with zero attached hydrogens (tertiary/aromatic N) is 2. The summed E-state index contributed by atoms with van der Waals surface area (Å²) in [5.41, 5.74) is 7.53. The average Bonchev–Trinajstić information content (AvgIpc) is 2.42. The van der Waals surface area contributed by atoms with Gasteiger partial charge in [-0.1, -0.05) is 12.1 Å². The first-order chi connectivity index (χ1) is 9.47. The maximum Gasteiger partial charge on any atom is 0.272 e. The third kappa shape index (κ3) is 3.09. The lowest BCUT2D eigenvalue weighted by atomic mass is 10.1. The number of anilines is 1. The van der Waals surface area contributed by atoms with Crippen LogP contribution in [0.4, 0.5) is 10.2 Å². The molecule has 0 aliphatic rings. The largest absolute Gasteiger partial charge is 0.382 e. The van der Waals surface area contributed by atoms with Gasteiger partial charge in [0, 0.05) is 6.54 Å². The molecule has 3 N–H and O–H groups in total. The number of halogens is 1. The highest BCUT2D eigenvalue weighted by molar-refractivity contribution is 5.92. The Morgan fingerprint density at radius 3 is 2.45 bits per heavy atom. The van der Waals surface area contributed by atoms with E-state index in [1.54, 1.807) is 26.0 Å². The molecule has 0 aliphatic carbocycles. The number of rotatable bonds is 3. The highest BCUT2D eigenvalue weighted by atomic mass is 19.1. The van der Waals surface area contributed by atoms with Crippen LogP contribution in [0.15, 0.2) is 24.3 Å². The number of carbonyl (C=O) groups is 1. The summed E-state index contributed by atoms with van der Waals surface area (Å²) in [6.45, 7) is 3.69. The summed E-state index contributed by atoms with van der Waals surface area (Å²) in [5.74, 6) is -0.312. The number of hydrogen-bond acceptors (Lipinski definition) is 4. The molecule has 0 radical (unpaired) electrons. The second-order valence-corrected chi connectivity index (χ2v) is 4.57. The van der Waals surface area contributed by atoms with Crippen molar-refractivity contribution in [3.8, 4) is 0 Å². The number of benzene rings is 1. The first-order valence-corrected chi connectivity index (χ1v) is 6.10. The minimum Gasteiger partial charge on any atom is -0.382 e. The molecule has 20 heavy (non-hydrogen) atoms. The topological polar surface area (TPSA) is 80.9 Å². The summed E-state index contributed by atoms with van der Waals surface area (Å²) < 4.78 is 13.5. The van der Waals surface area contributed by atoms with Crippen molar-refractivity contribution in [1.29, 1.82) is 0 Å². The van der Waals surface area contributed by atoms with Gasteiger partial charge in [-0.15, -0.1) is 10.2 Å². The van der Waals surface area contributed by atoms with Crippen molar-refractivity contribution in [3.63, 3.8) is 0 Å². The average molecular weight is 274 g/mol. The Bertz CT molecular complexity index is 617. The fourth-order valence-electron chi connectivity index (χ4n) is 1.87. The van der Waals surface area contributed by atoms with Crippen LogP contribution in [0.3, 0.4) is 0 Å². The molecule has 0 spiro atoms. The van der Waals surface area contributed by atoms with Crippen molar-refractivity contribution < 1.29 is 9.18 Å². The second-order valence-electron chi connectivity index (χ2n) is 4.57. The van der Waals surface area contributed by atoms with Crippen molar-refractivity contribution in [3.05, 3.63) is 52.5 Å². The Morgan fingerprint density at radius 2 is 1.90 bits per heavy atom. The normalized spacial score (nSPS) is 10.3. The molecule has 0 fully saturated rings. The van der Waals surface area contributed by atoms with Crippen molar-refractivity contribution in [2.75, 3.05) is 5.73 Å². The highest BCUT2D eigenvalue weighted by Gasteiger charge is 2.09. The van der Waals surface area contributed by atoms with Crippen LogP contribution < -0.4 is 11.1 Å². The van der Waals surface area contributed by atoms with E-state index < -0.39 is 0 Å². The van der Waals surface area contributed by atoms with Gasteiger partial charge in [0.15, 0.2) is 5.69 Å².